The van der Waals surface area contributed by atoms with Crippen molar-refractivity contribution in [1.82, 2.24) is 4.98 Å². The van der Waals surface area contributed by atoms with Crippen molar-refractivity contribution in [2.75, 3.05) is 0 Å². The van der Waals surface area contributed by atoms with Gasteiger partial charge in [-0.1, -0.05) is 24.3 Å². The van der Waals surface area contributed by atoms with Crippen LogP contribution in [-0.2, 0) is 0 Å². The van der Waals surface area contributed by atoms with E-state index in [4.69, 9.17) is 4.42 Å². The Balaban J connectivity index is 2.30. The smallest absolute Gasteiger partial charge is 0.205 e. The molecule has 0 spiro atoms. The number of hydrogen-bond donors (Lipinski definition) is 1. The van der Waals surface area contributed by atoms with Crippen molar-refractivity contribution in [2.24, 2.45) is 0 Å². The van der Waals surface area contributed by atoms with E-state index in [2.05, 4.69) is 41.4 Å². The Morgan fingerprint density at radius 3 is 2.56 bits per heavy atom. The van der Waals surface area contributed by atoms with Crippen LogP contribution < -0.4 is 0 Å². The second-order valence-electron chi connectivity index (χ2n) is 4.03. The first kappa shape index (κ1) is 7.99. The lowest BCUT2D eigenvalue weighted by molar-refractivity contribution is 0.605. The summed E-state index contributed by atoms with van der Waals surface area (Å²) >= 11 is 0. The average molecular weight is 207 g/mol. The molecule has 4 rings (SSSR count). The second kappa shape index (κ2) is 2.67. The number of nitrogens with one attached hydrogen (secondary N) is 1. The summed E-state index contributed by atoms with van der Waals surface area (Å²) in [6, 6.07) is 14.8. The van der Waals surface area contributed by atoms with Gasteiger partial charge in [-0.2, -0.15) is 0 Å². The largest absolute Gasteiger partial charge is 0.448 e. The van der Waals surface area contributed by atoms with Crippen LogP contribution >= 0.6 is 0 Å². The number of H-pyrrole nitrogens is 1. The summed E-state index contributed by atoms with van der Waals surface area (Å²) in [5.41, 5.74) is 1.98. The van der Waals surface area contributed by atoms with Gasteiger partial charge in [0.05, 0.1) is 6.26 Å². The van der Waals surface area contributed by atoms with E-state index in [0.717, 1.165) is 16.6 Å². The molecule has 2 aromatic carbocycles. The lowest BCUT2D eigenvalue weighted by Gasteiger charge is -1.97. The molecule has 2 heteroatoms. The van der Waals surface area contributed by atoms with E-state index in [1.165, 1.54) is 16.2 Å². The van der Waals surface area contributed by atoms with Gasteiger partial charge in [-0.3, -0.25) is 0 Å². The molecular weight excluding hydrogens is 198 g/mol. The lowest BCUT2D eigenvalue weighted by Crippen LogP contribution is -1.72. The summed E-state index contributed by atoms with van der Waals surface area (Å²) in [6.45, 7) is 0. The highest BCUT2D eigenvalue weighted by Crippen LogP contribution is 2.29. The molecule has 0 aliphatic rings. The van der Waals surface area contributed by atoms with E-state index in [1.54, 1.807) is 6.26 Å². The van der Waals surface area contributed by atoms with Crippen molar-refractivity contribution >= 4 is 32.8 Å². The molecule has 0 aliphatic heterocycles. The predicted octanol–water partition coefficient (Wildman–Crippen LogP) is 4.07. The maximum Gasteiger partial charge on any atom is 0.205 e. The number of hydrogen-bond acceptors (Lipinski definition) is 1. The van der Waals surface area contributed by atoms with Gasteiger partial charge in [-0.25, -0.2) is 0 Å². The van der Waals surface area contributed by atoms with Crippen LogP contribution in [-0.4, -0.2) is 4.98 Å². The molecule has 0 aliphatic carbocycles. The second-order valence-corrected chi connectivity index (χ2v) is 4.03. The molecule has 16 heavy (non-hydrogen) atoms. The Morgan fingerprint density at radius 2 is 1.69 bits per heavy atom. The molecule has 0 radical (unpaired) electrons. The molecule has 0 saturated heterocycles. The van der Waals surface area contributed by atoms with E-state index >= 15 is 0 Å². The zero-order chi connectivity index (χ0) is 10.5. The van der Waals surface area contributed by atoms with Crippen molar-refractivity contribution in [3.05, 3.63) is 48.7 Å². The van der Waals surface area contributed by atoms with Crippen LogP contribution in [0.1, 0.15) is 0 Å². The van der Waals surface area contributed by atoms with Gasteiger partial charge >= 0.3 is 0 Å². The topological polar surface area (TPSA) is 28.9 Å². The van der Waals surface area contributed by atoms with Crippen LogP contribution in [0.5, 0.6) is 0 Å². The Kier molecular flexibility index (Phi) is 1.33. The van der Waals surface area contributed by atoms with Crippen molar-refractivity contribution in [3.8, 4) is 0 Å². The minimum atomic E-state index is 0.852. The van der Waals surface area contributed by atoms with Crippen molar-refractivity contribution in [3.63, 3.8) is 0 Å². The molecule has 4 aromatic rings. The summed E-state index contributed by atoms with van der Waals surface area (Å²) < 4.78 is 5.37. The molecule has 0 amide bonds. The zero-order valence-corrected chi connectivity index (χ0v) is 8.53. The van der Waals surface area contributed by atoms with Gasteiger partial charge < -0.3 is 9.40 Å². The molecule has 2 nitrogen and oxygen atoms in total. The minimum absolute atomic E-state index is 0.852. The number of fused-ring (bicyclic) bond motifs is 4. The molecule has 0 atom stereocenters. The van der Waals surface area contributed by atoms with Gasteiger partial charge in [0, 0.05) is 16.3 Å². The Bertz CT molecular complexity index is 806. The maximum absolute atomic E-state index is 5.37. The third kappa shape index (κ3) is 0.910. The number of furan rings is 1. The highest BCUT2D eigenvalue weighted by molar-refractivity contribution is 6.10. The molecule has 1 N–H and O–H groups in total. The summed E-state index contributed by atoms with van der Waals surface area (Å²) in [6.07, 6.45) is 1.72. The summed E-state index contributed by atoms with van der Waals surface area (Å²) in [5.74, 6) is 0. The normalized spacial score (nSPS) is 11.8. The first-order valence-electron chi connectivity index (χ1n) is 5.29. The van der Waals surface area contributed by atoms with Gasteiger partial charge in [0.15, 0.2) is 0 Å². The zero-order valence-electron chi connectivity index (χ0n) is 8.53. The predicted molar refractivity (Wildman–Crippen MR) is 65.6 cm³/mol. The van der Waals surface area contributed by atoms with Gasteiger partial charge in [0.25, 0.3) is 0 Å². The van der Waals surface area contributed by atoms with Crippen molar-refractivity contribution in [1.29, 1.82) is 0 Å². The monoisotopic (exact) mass is 207 g/mol. The fraction of sp³-hybridized carbons (Fsp3) is 0. The van der Waals surface area contributed by atoms with E-state index in [1.807, 2.05) is 6.07 Å². The van der Waals surface area contributed by atoms with Crippen molar-refractivity contribution < 1.29 is 4.42 Å². The summed E-state index contributed by atoms with van der Waals surface area (Å²) in [7, 11) is 0. The third-order valence-corrected chi connectivity index (χ3v) is 3.09. The standard InChI is InChI=1S/C14H9NO/c1-2-4-10-8-13-12(7-9(10)3-1)11-5-6-16-14(11)15-13/h1-8,15H. The minimum Gasteiger partial charge on any atom is -0.448 e. The molecule has 2 heterocycles. The molecule has 76 valence electrons. The fourth-order valence-corrected chi connectivity index (χ4v) is 2.31. The first-order chi connectivity index (χ1) is 7.92. The van der Waals surface area contributed by atoms with E-state index in [-0.39, 0.29) is 0 Å². The van der Waals surface area contributed by atoms with Crippen LogP contribution in [0.15, 0.2) is 53.1 Å². The number of benzene rings is 2. The average Bonchev–Trinajstić information content (AvgIpc) is 2.86. The van der Waals surface area contributed by atoms with E-state index in [9.17, 15) is 0 Å². The van der Waals surface area contributed by atoms with Crippen LogP contribution in [0.25, 0.3) is 32.8 Å². The van der Waals surface area contributed by atoms with Gasteiger partial charge in [0.1, 0.15) is 0 Å². The molecule has 0 bridgehead atoms. The Morgan fingerprint density at radius 1 is 0.875 bits per heavy atom. The Labute approximate surface area is 91.5 Å². The molecule has 0 fully saturated rings. The number of rotatable bonds is 0. The van der Waals surface area contributed by atoms with Crippen LogP contribution in [0, 0.1) is 0 Å². The Hall–Kier alpha value is -2.22. The number of aromatic amines is 1. The molecule has 0 unspecified atom stereocenters. The highest BCUT2D eigenvalue weighted by atomic mass is 16.3. The van der Waals surface area contributed by atoms with Crippen LogP contribution in [0.4, 0.5) is 0 Å². The summed E-state index contributed by atoms with van der Waals surface area (Å²) in [4.78, 5) is 3.28. The molecule has 2 aromatic heterocycles. The molecule has 0 saturated carbocycles. The van der Waals surface area contributed by atoms with Crippen LogP contribution in [0.3, 0.4) is 0 Å². The quantitative estimate of drug-likeness (QED) is 0.462. The fourth-order valence-electron chi connectivity index (χ4n) is 2.31. The third-order valence-electron chi connectivity index (χ3n) is 3.09. The van der Waals surface area contributed by atoms with Gasteiger partial charge in [-0.05, 0) is 29.0 Å². The number of aromatic nitrogens is 1. The van der Waals surface area contributed by atoms with Gasteiger partial charge in [0.2, 0.25) is 5.71 Å². The maximum atomic E-state index is 5.37. The summed E-state index contributed by atoms with van der Waals surface area (Å²) in [5, 5.41) is 4.89. The lowest BCUT2D eigenvalue weighted by atomic mass is 10.1. The van der Waals surface area contributed by atoms with Gasteiger partial charge in [-0.15, -0.1) is 0 Å². The van der Waals surface area contributed by atoms with E-state index < -0.39 is 0 Å². The first-order valence-corrected chi connectivity index (χ1v) is 5.29. The highest BCUT2D eigenvalue weighted by Gasteiger charge is 2.07. The van der Waals surface area contributed by atoms with E-state index in [0.29, 0.717) is 0 Å². The molecular formula is C14H9NO. The SMILES string of the molecule is c1ccc2cc3c(cc2c1)[nH]c1occc13. The van der Waals surface area contributed by atoms with Crippen LogP contribution in [0.2, 0.25) is 0 Å². The van der Waals surface area contributed by atoms with Crippen molar-refractivity contribution in [2.45, 2.75) is 0 Å².